The first-order chi connectivity index (χ1) is 5.77. The molecule has 0 aromatic rings. The molecule has 3 atom stereocenters. The summed E-state index contributed by atoms with van der Waals surface area (Å²) in [6.07, 6.45) is 0.121. The van der Waals surface area contributed by atoms with E-state index in [0.29, 0.717) is 13.0 Å². The Morgan fingerprint density at radius 3 is 3.36 bits per heavy atom. The van der Waals surface area contributed by atoms with Gasteiger partial charge in [-0.3, -0.25) is 0 Å². The van der Waals surface area contributed by atoms with Gasteiger partial charge in [-0.25, -0.2) is 0 Å². The lowest BCUT2D eigenvalue weighted by Gasteiger charge is -2.32. The van der Waals surface area contributed by atoms with Crippen molar-refractivity contribution in [3.8, 4) is 0 Å². The molecule has 4 heteroatoms. The van der Waals surface area contributed by atoms with Gasteiger partial charge < -0.3 is 20.3 Å². The lowest BCUT2D eigenvalue weighted by molar-refractivity contribution is -0.115. The number of hydrogen-bond donors (Lipinski definition) is 2. The summed E-state index contributed by atoms with van der Waals surface area (Å²) in [6.45, 7) is 0.389. The van der Waals surface area contributed by atoms with Crippen molar-refractivity contribution in [3.05, 3.63) is 0 Å². The van der Waals surface area contributed by atoms with Crippen LogP contribution in [0.4, 0.5) is 0 Å². The first-order valence-corrected chi connectivity index (χ1v) is 3.66. The number of hydrogen-bond acceptors (Lipinski definition) is 4. The van der Waals surface area contributed by atoms with E-state index in [0.717, 1.165) is 0 Å². The first kappa shape index (κ1) is 7.49. The van der Waals surface area contributed by atoms with Gasteiger partial charge in [-0.05, 0) is 6.42 Å². The summed E-state index contributed by atoms with van der Waals surface area (Å²) < 4.78 is 17.1. The average molecular weight is 162 g/mol. The van der Waals surface area contributed by atoms with Crippen LogP contribution < -0.4 is 5.73 Å². The van der Waals surface area contributed by atoms with Crippen LogP contribution in [0.5, 0.6) is 0 Å². The highest BCUT2D eigenvalue weighted by Gasteiger charge is 2.28. The van der Waals surface area contributed by atoms with E-state index in [1.165, 1.54) is 0 Å². The number of aliphatic hydroxyl groups excluding tert-OH is 1. The second-order valence-electron chi connectivity index (χ2n) is 2.76. The minimum absolute atomic E-state index is 0.0376. The summed E-state index contributed by atoms with van der Waals surface area (Å²) in [4.78, 5) is 0. The van der Waals surface area contributed by atoms with Crippen LogP contribution in [0.2, 0.25) is 0 Å². The fourth-order valence-corrected chi connectivity index (χ4v) is 1.22. The summed E-state index contributed by atoms with van der Waals surface area (Å²) in [5.41, 5.74) is 5.62. The predicted molar refractivity (Wildman–Crippen MR) is 40.2 cm³/mol. The molecule has 0 bridgehead atoms. The zero-order valence-electron chi connectivity index (χ0n) is 7.40. The number of nitrogens with two attached hydrogens (primary N) is 1. The molecule has 0 aliphatic carbocycles. The van der Waals surface area contributed by atoms with Gasteiger partial charge in [0.1, 0.15) is 6.10 Å². The molecule has 1 fully saturated rings. The fourth-order valence-electron chi connectivity index (χ4n) is 1.22. The van der Waals surface area contributed by atoms with Crippen LogP contribution in [0.1, 0.15) is 7.79 Å². The lowest BCUT2D eigenvalue weighted by atomic mass is 10.0. The van der Waals surface area contributed by atoms with Gasteiger partial charge in [-0.15, -0.1) is 0 Å². The highest BCUT2D eigenvalue weighted by Crippen LogP contribution is 2.15. The predicted octanol–water partition coefficient (Wildman–Crippen LogP) is -0.890. The second kappa shape index (κ2) is 4.01. The number of aliphatic hydroxyl groups is 1. The van der Waals surface area contributed by atoms with Gasteiger partial charge in [0.25, 0.3) is 0 Å². The third kappa shape index (κ3) is 2.13. The summed E-state index contributed by atoms with van der Waals surface area (Å²) in [5, 5.41) is 8.87. The first-order valence-electron chi connectivity index (χ1n) is 4.37. The van der Waals surface area contributed by atoms with E-state index in [1.807, 2.05) is 0 Å². The van der Waals surface area contributed by atoms with Gasteiger partial charge in [0, 0.05) is 13.1 Å². The van der Waals surface area contributed by atoms with Gasteiger partial charge in [-0.1, -0.05) is 0 Å². The smallest absolute Gasteiger partial charge is 0.107 e. The maximum absolute atomic E-state index is 8.87. The summed E-state index contributed by atoms with van der Waals surface area (Å²) in [7, 11) is -0.114. The molecule has 1 saturated heterocycles. The molecular formula is C7H15NO3. The topological polar surface area (TPSA) is 64.7 Å². The van der Waals surface area contributed by atoms with Crippen LogP contribution in [0.25, 0.3) is 0 Å². The Morgan fingerprint density at radius 1 is 1.91 bits per heavy atom. The van der Waals surface area contributed by atoms with E-state index in [4.69, 9.17) is 21.7 Å². The molecule has 0 saturated carbocycles. The van der Waals surface area contributed by atoms with Crippen molar-refractivity contribution in [2.75, 3.05) is 20.3 Å². The van der Waals surface area contributed by atoms with Crippen LogP contribution in [0.3, 0.4) is 0 Å². The van der Waals surface area contributed by atoms with Crippen LogP contribution in [0.15, 0.2) is 0 Å². The average Bonchev–Trinajstić information content (AvgIpc) is 2.05. The highest BCUT2D eigenvalue weighted by atomic mass is 16.5. The molecule has 66 valence electrons. The van der Waals surface area contributed by atoms with Crippen molar-refractivity contribution >= 4 is 0 Å². The highest BCUT2D eigenvalue weighted by molar-refractivity contribution is 4.80. The maximum atomic E-state index is 8.87. The molecule has 11 heavy (non-hydrogen) atoms. The van der Waals surface area contributed by atoms with Gasteiger partial charge in [0.05, 0.1) is 20.7 Å². The van der Waals surface area contributed by atoms with Crippen LogP contribution in [-0.2, 0) is 9.47 Å². The van der Waals surface area contributed by atoms with E-state index >= 15 is 0 Å². The number of methoxy groups -OCH3 is 1. The third-order valence-corrected chi connectivity index (χ3v) is 1.87. The van der Waals surface area contributed by atoms with Crippen LogP contribution in [0, 0.1) is 0 Å². The van der Waals surface area contributed by atoms with Crippen molar-refractivity contribution < 1.29 is 16.0 Å². The van der Waals surface area contributed by atoms with Gasteiger partial charge in [-0.2, -0.15) is 0 Å². The Balaban J connectivity index is 2.40. The molecule has 0 radical (unpaired) electrons. The second-order valence-corrected chi connectivity index (χ2v) is 2.76. The summed E-state index contributed by atoms with van der Waals surface area (Å²) >= 11 is 0. The van der Waals surface area contributed by atoms with E-state index in [1.54, 1.807) is 0 Å². The Kier molecular flexibility index (Phi) is 2.73. The molecule has 0 spiro atoms. The number of ether oxygens (including phenoxy) is 2. The van der Waals surface area contributed by atoms with E-state index in [-0.39, 0.29) is 31.9 Å². The van der Waals surface area contributed by atoms with Crippen molar-refractivity contribution in [1.29, 1.82) is 0 Å². The largest absolute Gasteiger partial charge is 0.394 e. The molecule has 1 rings (SSSR count). The van der Waals surface area contributed by atoms with Crippen molar-refractivity contribution in [3.63, 3.8) is 0 Å². The molecule has 0 aromatic carbocycles. The molecule has 1 heterocycles. The van der Waals surface area contributed by atoms with Gasteiger partial charge >= 0.3 is 0 Å². The van der Waals surface area contributed by atoms with Gasteiger partial charge in [0.2, 0.25) is 0 Å². The van der Waals surface area contributed by atoms with E-state index < -0.39 is 0 Å². The summed E-state index contributed by atoms with van der Waals surface area (Å²) in [5.74, 6) is 0. The molecule has 4 nitrogen and oxygen atoms in total. The van der Waals surface area contributed by atoms with E-state index in [9.17, 15) is 0 Å². The molecule has 3 N–H and O–H groups in total. The fraction of sp³-hybridized carbons (Fsp3) is 1.00. The Labute approximate surface area is 67.7 Å². The van der Waals surface area contributed by atoms with Gasteiger partial charge in [0.15, 0.2) is 0 Å². The van der Waals surface area contributed by atoms with E-state index in [2.05, 4.69) is 0 Å². The van der Waals surface area contributed by atoms with Crippen molar-refractivity contribution in [2.45, 2.75) is 24.7 Å². The zero-order chi connectivity index (χ0) is 8.97. The normalized spacial score (nSPS) is 40.2. The SMILES string of the molecule is [2H]CO[C@H]1C[C@@H](N)CO[C@@H]1CO. The zero-order valence-corrected chi connectivity index (χ0v) is 6.40. The molecule has 0 aromatic heterocycles. The molecule has 1 aliphatic heterocycles. The van der Waals surface area contributed by atoms with Crippen molar-refractivity contribution in [1.82, 2.24) is 0 Å². The molecular weight excluding hydrogens is 146 g/mol. The van der Waals surface area contributed by atoms with Crippen molar-refractivity contribution in [2.24, 2.45) is 5.73 Å². The number of rotatable bonds is 2. The minimum atomic E-state index is -0.310. The molecule has 0 unspecified atom stereocenters. The monoisotopic (exact) mass is 162 g/mol. The van der Waals surface area contributed by atoms with Crippen LogP contribution in [-0.4, -0.2) is 43.7 Å². The Bertz CT molecular complexity index is 136. The quantitative estimate of drug-likeness (QED) is 0.553. The molecule has 0 amide bonds. The standard InChI is InChI=1S/C7H15NO3/c1-10-6-2-5(8)4-11-7(6)3-9/h5-7,9H,2-4,8H2,1H3/t5-,6+,7-/m1/s1/i1D. The Hall–Kier alpha value is -0.160. The van der Waals surface area contributed by atoms with Crippen LogP contribution >= 0.6 is 0 Å². The maximum Gasteiger partial charge on any atom is 0.107 e. The lowest BCUT2D eigenvalue weighted by Crippen LogP contribution is -2.47. The molecule has 1 aliphatic rings. The Morgan fingerprint density at radius 2 is 2.73 bits per heavy atom. The third-order valence-electron chi connectivity index (χ3n) is 1.87. The summed E-state index contributed by atoms with van der Waals surface area (Å²) in [6, 6.07) is -0.0376. The minimum Gasteiger partial charge on any atom is -0.394 e.